The second kappa shape index (κ2) is 6.03. The number of fused-ring (bicyclic) bond motifs is 1. The Kier molecular flexibility index (Phi) is 3.72. The predicted molar refractivity (Wildman–Crippen MR) is 88.1 cm³/mol. The summed E-state index contributed by atoms with van der Waals surface area (Å²) in [6, 6.07) is 6.11. The van der Waals surface area contributed by atoms with Crippen molar-refractivity contribution in [3.63, 3.8) is 0 Å². The van der Waals surface area contributed by atoms with E-state index in [2.05, 4.69) is 9.97 Å². The molecule has 2 aromatic heterocycles. The Morgan fingerprint density at radius 2 is 1.83 bits per heavy atom. The minimum Gasteiger partial charge on any atom is -0.337 e. The van der Waals surface area contributed by atoms with E-state index in [-0.39, 0.29) is 11.7 Å². The van der Waals surface area contributed by atoms with Crippen molar-refractivity contribution >= 4 is 11.6 Å². The number of halogens is 1. The largest absolute Gasteiger partial charge is 0.337 e. The van der Waals surface area contributed by atoms with Gasteiger partial charge in [-0.15, -0.1) is 0 Å². The molecule has 0 aliphatic carbocycles. The average Bonchev–Trinajstić information content (AvgIpc) is 3.07. The van der Waals surface area contributed by atoms with Crippen LogP contribution >= 0.6 is 0 Å². The van der Waals surface area contributed by atoms with Gasteiger partial charge in [-0.2, -0.15) is 0 Å². The molecule has 0 radical (unpaired) electrons. The maximum absolute atomic E-state index is 13.1. The number of rotatable bonds is 2. The summed E-state index contributed by atoms with van der Waals surface area (Å²) in [5.41, 5.74) is 2.43. The lowest BCUT2D eigenvalue weighted by atomic mass is 10.1. The van der Waals surface area contributed by atoms with Crippen LogP contribution in [0.1, 0.15) is 29.8 Å². The normalized spacial score (nSPS) is 15.0. The minimum atomic E-state index is -0.296. The van der Waals surface area contributed by atoms with Crippen molar-refractivity contribution in [2.24, 2.45) is 0 Å². The third-order valence-electron chi connectivity index (χ3n) is 4.36. The third kappa shape index (κ3) is 2.64. The molecule has 3 heterocycles. The van der Waals surface area contributed by atoms with Crippen molar-refractivity contribution in [1.29, 1.82) is 0 Å². The molecule has 24 heavy (non-hydrogen) atoms. The van der Waals surface area contributed by atoms with Crippen molar-refractivity contribution in [2.45, 2.75) is 19.3 Å². The molecule has 1 amide bonds. The van der Waals surface area contributed by atoms with Gasteiger partial charge in [-0.3, -0.25) is 9.78 Å². The van der Waals surface area contributed by atoms with Gasteiger partial charge in [-0.1, -0.05) is 0 Å². The molecule has 1 aliphatic rings. The van der Waals surface area contributed by atoms with E-state index in [0.29, 0.717) is 17.0 Å². The number of benzene rings is 1. The van der Waals surface area contributed by atoms with Crippen LogP contribution < -0.4 is 0 Å². The summed E-state index contributed by atoms with van der Waals surface area (Å²) in [5, 5.41) is 0. The summed E-state index contributed by atoms with van der Waals surface area (Å²) in [5.74, 6) is -0.335. The third-order valence-corrected chi connectivity index (χ3v) is 4.36. The van der Waals surface area contributed by atoms with Gasteiger partial charge in [0.1, 0.15) is 17.2 Å². The fourth-order valence-corrected chi connectivity index (χ4v) is 3.09. The number of imidazole rings is 1. The quantitative estimate of drug-likeness (QED) is 0.727. The zero-order chi connectivity index (χ0) is 16.5. The Labute approximate surface area is 138 Å². The van der Waals surface area contributed by atoms with E-state index in [1.807, 2.05) is 4.90 Å². The Balaban J connectivity index is 1.74. The van der Waals surface area contributed by atoms with Crippen molar-refractivity contribution < 1.29 is 9.18 Å². The first kappa shape index (κ1) is 14.8. The van der Waals surface area contributed by atoms with Gasteiger partial charge in [0.05, 0.1) is 0 Å². The molecule has 6 heteroatoms. The molecule has 1 aromatic carbocycles. The molecule has 0 saturated carbocycles. The summed E-state index contributed by atoms with van der Waals surface area (Å²) in [6.07, 6.45) is 8.42. The molecule has 0 unspecified atom stereocenters. The molecule has 1 fully saturated rings. The van der Waals surface area contributed by atoms with Crippen LogP contribution in [0, 0.1) is 5.82 Å². The number of hydrogen-bond donors (Lipinski definition) is 0. The van der Waals surface area contributed by atoms with Gasteiger partial charge in [0.2, 0.25) is 0 Å². The van der Waals surface area contributed by atoms with Crippen molar-refractivity contribution in [1.82, 2.24) is 19.3 Å². The lowest BCUT2D eigenvalue weighted by Gasteiger charge is -2.25. The zero-order valence-corrected chi connectivity index (χ0v) is 13.2. The minimum absolute atomic E-state index is 0.0385. The Hall–Kier alpha value is -2.76. The molecular weight excluding hydrogens is 307 g/mol. The molecule has 122 valence electrons. The van der Waals surface area contributed by atoms with Gasteiger partial charge in [0.25, 0.3) is 5.91 Å². The highest BCUT2D eigenvalue weighted by Crippen LogP contribution is 2.23. The van der Waals surface area contributed by atoms with E-state index in [4.69, 9.17) is 0 Å². The smallest absolute Gasteiger partial charge is 0.274 e. The molecule has 0 atom stereocenters. The molecule has 3 aromatic rings. The summed E-state index contributed by atoms with van der Waals surface area (Å²) >= 11 is 0. The molecule has 0 spiro atoms. The molecule has 4 rings (SSSR count). The molecule has 0 bridgehead atoms. The topological polar surface area (TPSA) is 50.5 Å². The summed E-state index contributed by atoms with van der Waals surface area (Å²) in [6.45, 7) is 1.57. The van der Waals surface area contributed by atoms with Gasteiger partial charge in [-0.05, 0) is 43.5 Å². The number of carbonyl (C=O) groups is 1. The second-order valence-corrected chi connectivity index (χ2v) is 5.99. The number of piperidine rings is 1. The van der Waals surface area contributed by atoms with Crippen LogP contribution in [0.25, 0.3) is 16.9 Å². The van der Waals surface area contributed by atoms with Gasteiger partial charge in [-0.25, -0.2) is 9.37 Å². The fraction of sp³-hybridized carbons (Fsp3) is 0.278. The van der Waals surface area contributed by atoms with Crippen molar-refractivity contribution in [3.8, 4) is 11.3 Å². The lowest BCUT2D eigenvalue weighted by molar-refractivity contribution is 0.0719. The average molecular weight is 324 g/mol. The maximum Gasteiger partial charge on any atom is 0.274 e. The first-order valence-corrected chi connectivity index (χ1v) is 8.11. The van der Waals surface area contributed by atoms with E-state index in [1.165, 1.54) is 18.6 Å². The fourth-order valence-electron chi connectivity index (χ4n) is 3.09. The van der Waals surface area contributed by atoms with Crippen LogP contribution in [0.5, 0.6) is 0 Å². The number of amides is 1. The highest BCUT2D eigenvalue weighted by Gasteiger charge is 2.21. The van der Waals surface area contributed by atoms with Crippen LogP contribution in [-0.4, -0.2) is 38.3 Å². The van der Waals surface area contributed by atoms with Gasteiger partial charge >= 0.3 is 0 Å². The number of nitrogens with zero attached hydrogens (tertiary/aromatic N) is 4. The standard InChI is InChI=1S/C18H17FN4O/c19-14-6-4-13(5-7-14)16-17-21-15(12-23(17)11-8-20-16)18(24)22-9-2-1-3-10-22/h4-8,11-12H,1-3,9-10H2. The highest BCUT2D eigenvalue weighted by atomic mass is 19.1. The second-order valence-electron chi connectivity index (χ2n) is 5.99. The zero-order valence-electron chi connectivity index (χ0n) is 13.2. The Morgan fingerprint density at radius 1 is 1.08 bits per heavy atom. The van der Waals surface area contributed by atoms with Crippen LogP contribution in [0.3, 0.4) is 0 Å². The predicted octanol–water partition coefficient (Wildman–Crippen LogP) is 3.16. The molecule has 1 saturated heterocycles. The molecule has 0 N–H and O–H groups in total. The van der Waals surface area contributed by atoms with Crippen molar-refractivity contribution in [2.75, 3.05) is 13.1 Å². The number of hydrogen-bond acceptors (Lipinski definition) is 3. The van der Waals surface area contributed by atoms with Crippen LogP contribution in [0.15, 0.2) is 42.9 Å². The lowest BCUT2D eigenvalue weighted by Crippen LogP contribution is -2.35. The Bertz CT molecular complexity index is 882. The van der Waals surface area contributed by atoms with Crippen LogP contribution in [-0.2, 0) is 0 Å². The monoisotopic (exact) mass is 324 g/mol. The SMILES string of the molecule is O=C(c1cn2ccnc(-c3ccc(F)cc3)c2n1)N1CCCCC1. The molecular formula is C18H17FN4O. The van der Waals surface area contributed by atoms with Crippen LogP contribution in [0.2, 0.25) is 0 Å². The van der Waals surface area contributed by atoms with E-state index >= 15 is 0 Å². The molecule has 1 aliphatic heterocycles. The van der Waals surface area contributed by atoms with Gasteiger partial charge in [0, 0.05) is 37.2 Å². The number of aromatic nitrogens is 3. The van der Waals surface area contributed by atoms with Gasteiger partial charge in [0.15, 0.2) is 5.65 Å². The Morgan fingerprint density at radius 3 is 2.58 bits per heavy atom. The van der Waals surface area contributed by atoms with E-state index in [9.17, 15) is 9.18 Å². The maximum atomic E-state index is 13.1. The van der Waals surface area contributed by atoms with E-state index in [1.54, 1.807) is 35.1 Å². The number of likely N-dealkylation sites (tertiary alicyclic amines) is 1. The first-order chi connectivity index (χ1) is 11.7. The van der Waals surface area contributed by atoms with Gasteiger partial charge < -0.3 is 9.30 Å². The summed E-state index contributed by atoms with van der Waals surface area (Å²) in [7, 11) is 0. The number of carbonyl (C=O) groups excluding carboxylic acids is 1. The van der Waals surface area contributed by atoms with E-state index in [0.717, 1.165) is 31.5 Å². The summed E-state index contributed by atoms with van der Waals surface area (Å²) in [4.78, 5) is 23.4. The van der Waals surface area contributed by atoms with Crippen LogP contribution in [0.4, 0.5) is 4.39 Å². The van der Waals surface area contributed by atoms with Crippen molar-refractivity contribution in [3.05, 3.63) is 54.4 Å². The first-order valence-electron chi connectivity index (χ1n) is 8.11. The highest BCUT2D eigenvalue weighted by molar-refractivity contribution is 5.93. The summed E-state index contributed by atoms with van der Waals surface area (Å²) < 4.78 is 14.9. The molecule has 5 nitrogen and oxygen atoms in total. The van der Waals surface area contributed by atoms with E-state index < -0.39 is 0 Å².